The van der Waals surface area contributed by atoms with E-state index in [0.717, 1.165) is 47.3 Å². The number of hydrogen-bond acceptors (Lipinski definition) is 3. The molecule has 0 aromatic heterocycles. The van der Waals surface area contributed by atoms with E-state index in [0.29, 0.717) is 6.04 Å². The average molecular weight is 407 g/mol. The van der Waals surface area contributed by atoms with Crippen LogP contribution in [0.25, 0.3) is 5.57 Å². The molecule has 30 heavy (non-hydrogen) atoms. The summed E-state index contributed by atoms with van der Waals surface area (Å²) >= 11 is 0. The third-order valence-corrected chi connectivity index (χ3v) is 6.20. The molecule has 0 saturated carbocycles. The van der Waals surface area contributed by atoms with Crippen LogP contribution in [0.3, 0.4) is 0 Å². The minimum Gasteiger partial charge on any atom is -0.496 e. The number of ether oxygens (including phenoxy) is 1. The fourth-order valence-electron chi connectivity index (χ4n) is 4.12. The van der Waals surface area contributed by atoms with Crippen LogP contribution in [-0.2, 0) is 4.79 Å². The summed E-state index contributed by atoms with van der Waals surface area (Å²) in [6, 6.07) is 6.67. The molecule has 1 aromatic carbocycles. The van der Waals surface area contributed by atoms with E-state index in [-0.39, 0.29) is 11.9 Å². The molecule has 4 nitrogen and oxygen atoms in total. The van der Waals surface area contributed by atoms with Crippen LogP contribution < -0.4 is 4.74 Å². The summed E-state index contributed by atoms with van der Waals surface area (Å²) in [6.45, 7) is 6.06. The number of methoxy groups -OCH3 is 1. The van der Waals surface area contributed by atoms with Gasteiger partial charge in [-0.1, -0.05) is 24.3 Å². The summed E-state index contributed by atoms with van der Waals surface area (Å²) in [4.78, 5) is 17.2. The molecule has 1 aliphatic carbocycles. The van der Waals surface area contributed by atoms with Crippen molar-refractivity contribution < 1.29 is 9.53 Å². The van der Waals surface area contributed by atoms with Gasteiger partial charge in [0.15, 0.2) is 0 Å². The minimum absolute atomic E-state index is 0.0119. The highest BCUT2D eigenvalue weighted by molar-refractivity contribution is 5.96. The van der Waals surface area contributed by atoms with E-state index in [9.17, 15) is 4.79 Å². The van der Waals surface area contributed by atoms with Crippen molar-refractivity contribution in [1.29, 1.82) is 0 Å². The minimum atomic E-state index is 0.0119. The zero-order valence-electron chi connectivity index (χ0n) is 19.1. The summed E-state index contributed by atoms with van der Waals surface area (Å²) in [6.07, 6.45) is 13.7. The largest absolute Gasteiger partial charge is 0.496 e. The third-order valence-electron chi connectivity index (χ3n) is 6.20. The zero-order chi connectivity index (χ0) is 21.8. The lowest BCUT2D eigenvalue weighted by atomic mass is 9.89. The Balaban J connectivity index is 1.78. The van der Waals surface area contributed by atoms with Crippen LogP contribution in [0.15, 0.2) is 59.8 Å². The van der Waals surface area contributed by atoms with E-state index in [2.05, 4.69) is 50.2 Å². The topological polar surface area (TPSA) is 32.8 Å². The first-order chi connectivity index (χ1) is 14.3. The molecule has 0 radical (unpaired) electrons. The van der Waals surface area contributed by atoms with Gasteiger partial charge in [0.1, 0.15) is 5.75 Å². The third kappa shape index (κ3) is 4.93. The van der Waals surface area contributed by atoms with Crippen LogP contribution in [0.1, 0.15) is 44.2 Å². The number of carbonyl (C=O) groups is 1. The number of aryl methyl sites for hydroxylation is 1. The summed E-state index contributed by atoms with van der Waals surface area (Å²) in [5.74, 6) is 0.871. The van der Waals surface area contributed by atoms with Gasteiger partial charge in [-0.15, -0.1) is 0 Å². The molecule has 2 aliphatic rings. The van der Waals surface area contributed by atoms with Crippen LogP contribution in [0.4, 0.5) is 0 Å². The second-order valence-corrected chi connectivity index (χ2v) is 8.56. The Kier molecular flexibility index (Phi) is 6.99. The fourth-order valence-corrected chi connectivity index (χ4v) is 4.12. The fraction of sp³-hybridized carbons (Fsp3) is 0.423. The van der Waals surface area contributed by atoms with Crippen LogP contribution in [-0.4, -0.2) is 49.0 Å². The van der Waals surface area contributed by atoms with E-state index in [1.54, 1.807) is 13.2 Å². The van der Waals surface area contributed by atoms with Crippen molar-refractivity contribution in [2.75, 3.05) is 21.2 Å². The Bertz CT molecular complexity index is 921. The van der Waals surface area contributed by atoms with E-state index < -0.39 is 0 Å². The van der Waals surface area contributed by atoms with Crippen molar-refractivity contribution in [3.8, 4) is 5.75 Å². The summed E-state index contributed by atoms with van der Waals surface area (Å²) in [5.41, 5.74) is 5.56. The van der Waals surface area contributed by atoms with E-state index >= 15 is 0 Å². The Labute approximate surface area is 181 Å². The van der Waals surface area contributed by atoms with Crippen molar-refractivity contribution in [2.45, 2.75) is 52.1 Å². The van der Waals surface area contributed by atoms with E-state index in [4.69, 9.17) is 4.74 Å². The van der Waals surface area contributed by atoms with Crippen LogP contribution in [0.2, 0.25) is 0 Å². The maximum absolute atomic E-state index is 13.1. The van der Waals surface area contributed by atoms with Crippen molar-refractivity contribution >= 4 is 11.5 Å². The SMILES string of the molecule is COc1ccc(/C(C)=C/C(=O)N2C=C(C3=CCC(N(C)C)CC3)C=CC2C)cc1C. The van der Waals surface area contributed by atoms with Crippen molar-refractivity contribution in [3.05, 3.63) is 71.0 Å². The summed E-state index contributed by atoms with van der Waals surface area (Å²) < 4.78 is 5.34. The lowest BCUT2D eigenvalue weighted by molar-refractivity contribution is -0.124. The highest BCUT2D eigenvalue weighted by atomic mass is 16.5. The normalized spacial score (nSPS) is 22.1. The maximum Gasteiger partial charge on any atom is 0.251 e. The number of allylic oxidation sites excluding steroid dienone is 4. The Hall–Kier alpha value is -2.59. The first-order valence-electron chi connectivity index (χ1n) is 10.7. The van der Waals surface area contributed by atoms with Gasteiger partial charge in [-0.05, 0) is 94.1 Å². The molecule has 2 atom stereocenters. The molecule has 4 heteroatoms. The monoisotopic (exact) mass is 406 g/mol. The molecule has 1 heterocycles. The average Bonchev–Trinajstić information content (AvgIpc) is 2.74. The summed E-state index contributed by atoms with van der Waals surface area (Å²) in [7, 11) is 5.96. The summed E-state index contributed by atoms with van der Waals surface area (Å²) in [5, 5.41) is 0. The van der Waals surface area contributed by atoms with Gasteiger partial charge < -0.3 is 14.5 Å². The number of hydrogen-bond donors (Lipinski definition) is 0. The van der Waals surface area contributed by atoms with Crippen molar-refractivity contribution in [1.82, 2.24) is 9.80 Å². The Morgan fingerprint density at radius 2 is 2.07 bits per heavy atom. The number of amides is 1. The van der Waals surface area contributed by atoms with Gasteiger partial charge in [-0.3, -0.25) is 4.79 Å². The van der Waals surface area contributed by atoms with Gasteiger partial charge in [-0.2, -0.15) is 0 Å². The molecular weight excluding hydrogens is 372 g/mol. The molecule has 0 bridgehead atoms. The number of rotatable bonds is 5. The molecular formula is C26H34N2O2. The highest BCUT2D eigenvalue weighted by Gasteiger charge is 2.22. The lowest BCUT2D eigenvalue weighted by Crippen LogP contribution is -2.34. The van der Waals surface area contributed by atoms with Crippen molar-refractivity contribution in [3.63, 3.8) is 0 Å². The maximum atomic E-state index is 13.1. The van der Waals surface area contributed by atoms with Gasteiger partial charge in [0.05, 0.1) is 13.2 Å². The molecule has 3 rings (SSSR count). The predicted molar refractivity (Wildman–Crippen MR) is 124 cm³/mol. The van der Waals surface area contributed by atoms with Gasteiger partial charge >= 0.3 is 0 Å². The molecule has 0 fully saturated rings. The molecule has 1 aliphatic heterocycles. The van der Waals surface area contributed by atoms with Gasteiger partial charge in [0.2, 0.25) is 0 Å². The second kappa shape index (κ2) is 9.48. The Morgan fingerprint density at radius 3 is 2.67 bits per heavy atom. The zero-order valence-corrected chi connectivity index (χ0v) is 19.1. The quantitative estimate of drug-likeness (QED) is 0.637. The molecule has 160 valence electrons. The molecule has 1 aromatic rings. The van der Waals surface area contributed by atoms with Gasteiger partial charge in [0.25, 0.3) is 5.91 Å². The van der Waals surface area contributed by atoms with Gasteiger partial charge in [-0.25, -0.2) is 0 Å². The second-order valence-electron chi connectivity index (χ2n) is 8.56. The van der Waals surface area contributed by atoms with Crippen LogP contribution in [0.5, 0.6) is 5.75 Å². The predicted octanol–water partition coefficient (Wildman–Crippen LogP) is 5.12. The van der Waals surface area contributed by atoms with E-state index in [1.165, 1.54) is 5.57 Å². The number of nitrogens with zero attached hydrogens (tertiary/aromatic N) is 2. The first kappa shape index (κ1) is 22.1. The first-order valence-corrected chi connectivity index (χ1v) is 10.7. The van der Waals surface area contributed by atoms with Gasteiger partial charge in [0, 0.05) is 18.3 Å². The lowest BCUT2D eigenvalue weighted by Gasteiger charge is -2.31. The standard InChI is InChI=1S/C26H34N2O2/c1-18(22-11-14-25(30-6)19(2)15-22)16-26(29)28-17-23(8-7-20(28)3)21-9-12-24(13-10-21)27(4)5/h7-9,11,14-17,20,24H,10,12-13H2,1-6H3/b18-16+. The smallest absolute Gasteiger partial charge is 0.251 e. The molecule has 0 spiro atoms. The molecule has 1 amide bonds. The molecule has 2 unspecified atom stereocenters. The highest BCUT2D eigenvalue weighted by Crippen LogP contribution is 2.30. The molecule has 0 N–H and O–H groups in total. The Morgan fingerprint density at radius 1 is 1.30 bits per heavy atom. The van der Waals surface area contributed by atoms with E-state index in [1.807, 2.05) is 37.1 Å². The van der Waals surface area contributed by atoms with Crippen LogP contribution >= 0.6 is 0 Å². The van der Waals surface area contributed by atoms with Crippen LogP contribution in [0, 0.1) is 6.92 Å². The number of carbonyl (C=O) groups excluding carboxylic acids is 1. The number of benzene rings is 1. The van der Waals surface area contributed by atoms with Crippen molar-refractivity contribution in [2.24, 2.45) is 0 Å². The molecule has 0 saturated heterocycles.